The highest BCUT2D eigenvalue weighted by atomic mass is 16.3. The van der Waals surface area contributed by atoms with Gasteiger partial charge < -0.3 is 15.5 Å². The molecule has 0 amide bonds. The van der Waals surface area contributed by atoms with Crippen molar-refractivity contribution in [3.8, 4) is 5.75 Å². The van der Waals surface area contributed by atoms with E-state index < -0.39 is 0 Å². The van der Waals surface area contributed by atoms with Gasteiger partial charge in [-0.25, -0.2) is 0 Å². The zero-order valence-corrected chi connectivity index (χ0v) is 11.1. The number of H-pyrrole nitrogens is 1. The van der Waals surface area contributed by atoms with E-state index >= 15 is 0 Å². The smallest absolute Gasteiger partial charge is 0.141 e. The lowest BCUT2D eigenvalue weighted by molar-refractivity contribution is 0.278. The molecule has 4 N–H and O–H groups in total. The molecule has 0 aromatic carbocycles. The van der Waals surface area contributed by atoms with Crippen LogP contribution in [0, 0.1) is 13.8 Å². The fraction of sp³-hybridized carbons (Fsp3) is 0.385. The van der Waals surface area contributed by atoms with Crippen LogP contribution in [0.15, 0.2) is 12.4 Å². The third-order valence-corrected chi connectivity index (χ3v) is 3.15. The van der Waals surface area contributed by atoms with E-state index in [0.717, 1.165) is 11.3 Å². The molecule has 2 aromatic rings. The Kier molecular flexibility index (Phi) is 4.13. The molecule has 0 aliphatic heterocycles. The maximum absolute atomic E-state index is 9.99. The van der Waals surface area contributed by atoms with E-state index in [1.807, 2.05) is 6.92 Å². The first-order valence-electron chi connectivity index (χ1n) is 6.10. The Balaban J connectivity index is 2.07. The lowest BCUT2D eigenvalue weighted by Crippen LogP contribution is -2.15. The maximum Gasteiger partial charge on any atom is 0.141 e. The standard InChI is InChI=1S/C13H18N4O2/c1-8-10(5-16-17-8)3-14-6-12-11(7-18)4-15-9(2)13(12)19/h4-5,14,18-19H,3,6-7H2,1-2H3,(H,16,17). The summed E-state index contributed by atoms with van der Waals surface area (Å²) >= 11 is 0. The van der Waals surface area contributed by atoms with E-state index in [0.29, 0.717) is 29.9 Å². The SMILES string of the molecule is Cc1ncc(CO)c(CNCc2cn[nH]c2C)c1O. The number of aliphatic hydroxyl groups is 1. The highest BCUT2D eigenvalue weighted by Crippen LogP contribution is 2.23. The molecule has 0 unspecified atom stereocenters. The molecule has 0 radical (unpaired) electrons. The molecule has 2 heterocycles. The summed E-state index contributed by atoms with van der Waals surface area (Å²) in [6, 6.07) is 0. The average molecular weight is 262 g/mol. The summed E-state index contributed by atoms with van der Waals surface area (Å²) in [6.07, 6.45) is 3.36. The van der Waals surface area contributed by atoms with Gasteiger partial charge >= 0.3 is 0 Å². The second-order valence-electron chi connectivity index (χ2n) is 4.48. The molecule has 102 valence electrons. The lowest BCUT2D eigenvalue weighted by atomic mass is 10.1. The lowest BCUT2D eigenvalue weighted by Gasteiger charge is -2.12. The van der Waals surface area contributed by atoms with Crippen LogP contribution in [-0.4, -0.2) is 25.4 Å². The summed E-state index contributed by atoms with van der Waals surface area (Å²) < 4.78 is 0. The molecular weight excluding hydrogens is 244 g/mol. The second-order valence-corrected chi connectivity index (χ2v) is 4.48. The fourth-order valence-electron chi connectivity index (χ4n) is 1.89. The highest BCUT2D eigenvalue weighted by molar-refractivity contribution is 5.40. The van der Waals surface area contributed by atoms with Crippen molar-refractivity contribution in [2.45, 2.75) is 33.5 Å². The van der Waals surface area contributed by atoms with Crippen LogP contribution >= 0.6 is 0 Å². The van der Waals surface area contributed by atoms with Crippen LogP contribution in [0.2, 0.25) is 0 Å². The van der Waals surface area contributed by atoms with E-state index in [9.17, 15) is 10.2 Å². The van der Waals surface area contributed by atoms with Crippen LogP contribution in [0.4, 0.5) is 0 Å². The minimum absolute atomic E-state index is 0.136. The molecule has 0 fully saturated rings. The molecule has 6 nitrogen and oxygen atoms in total. The van der Waals surface area contributed by atoms with Gasteiger partial charge in [0.05, 0.1) is 18.5 Å². The topological polar surface area (TPSA) is 94.1 Å². The third kappa shape index (κ3) is 2.91. The quantitative estimate of drug-likeness (QED) is 0.642. The molecule has 0 aliphatic carbocycles. The Morgan fingerprint density at radius 3 is 2.63 bits per heavy atom. The van der Waals surface area contributed by atoms with Gasteiger partial charge in [-0.15, -0.1) is 0 Å². The van der Waals surface area contributed by atoms with Crippen molar-refractivity contribution in [3.05, 3.63) is 40.5 Å². The average Bonchev–Trinajstić information content (AvgIpc) is 2.80. The number of rotatable bonds is 5. The number of aliphatic hydroxyl groups excluding tert-OH is 1. The van der Waals surface area contributed by atoms with E-state index in [1.165, 1.54) is 0 Å². The van der Waals surface area contributed by atoms with Crippen LogP contribution in [0.25, 0.3) is 0 Å². The molecule has 2 aromatic heterocycles. The first-order chi connectivity index (χ1) is 9.13. The van der Waals surface area contributed by atoms with Gasteiger partial charge in [-0.2, -0.15) is 5.10 Å². The normalized spacial score (nSPS) is 10.9. The fourth-order valence-corrected chi connectivity index (χ4v) is 1.89. The number of aromatic nitrogens is 3. The van der Waals surface area contributed by atoms with E-state index in [2.05, 4.69) is 20.5 Å². The molecule has 0 atom stereocenters. The van der Waals surface area contributed by atoms with Crippen molar-refractivity contribution >= 4 is 0 Å². The number of aryl methyl sites for hydroxylation is 2. The summed E-state index contributed by atoms with van der Waals surface area (Å²) in [4.78, 5) is 4.03. The number of hydrogen-bond donors (Lipinski definition) is 4. The van der Waals surface area contributed by atoms with Crippen molar-refractivity contribution in [1.82, 2.24) is 20.5 Å². The molecule has 0 saturated heterocycles. The van der Waals surface area contributed by atoms with Gasteiger partial charge in [0.2, 0.25) is 0 Å². The van der Waals surface area contributed by atoms with Crippen molar-refractivity contribution in [3.63, 3.8) is 0 Å². The third-order valence-electron chi connectivity index (χ3n) is 3.15. The molecular formula is C13H18N4O2. The largest absolute Gasteiger partial charge is 0.506 e. The van der Waals surface area contributed by atoms with Crippen LogP contribution in [0.3, 0.4) is 0 Å². The summed E-state index contributed by atoms with van der Waals surface area (Å²) in [5.74, 6) is 0.142. The molecule has 0 aliphatic rings. The van der Waals surface area contributed by atoms with Gasteiger partial charge in [0, 0.05) is 41.7 Å². The van der Waals surface area contributed by atoms with E-state index in [-0.39, 0.29) is 12.4 Å². The number of aromatic hydroxyl groups is 1. The minimum Gasteiger partial charge on any atom is -0.506 e. The molecule has 19 heavy (non-hydrogen) atoms. The van der Waals surface area contributed by atoms with Gasteiger partial charge in [0.25, 0.3) is 0 Å². The Labute approximate surface area is 111 Å². The van der Waals surface area contributed by atoms with Crippen LogP contribution < -0.4 is 5.32 Å². The summed E-state index contributed by atoms with van der Waals surface area (Å²) in [7, 11) is 0. The Bertz CT molecular complexity index is 566. The predicted octanol–water partition coefficient (Wildman–Crippen LogP) is 0.909. The van der Waals surface area contributed by atoms with Gasteiger partial charge in [0.15, 0.2) is 0 Å². The van der Waals surface area contributed by atoms with Crippen molar-refractivity contribution in [1.29, 1.82) is 0 Å². The van der Waals surface area contributed by atoms with E-state index in [1.54, 1.807) is 19.3 Å². The monoisotopic (exact) mass is 262 g/mol. The Morgan fingerprint density at radius 1 is 1.21 bits per heavy atom. The summed E-state index contributed by atoms with van der Waals surface area (Å²) in [5.41, 5.74) is 3.99. The molecule has 6 heteroatoms. The van der Waals surface area contributed by atoms with E-state index in [4.69, 9.17) is 0 Å². The molecule has 2 rings (SSSR count). The van der Waals surface area contributed by atoms with Crippen LogP contribution in [0.5, 0.6) is 5.75 Å². The predicted molar refractivity (Wildman–Crippen MR) is 70.4 cm³/mol. The molecule has 0 bridgehead atoms. The second kappa shape index (κ2) is 5.81. The van der Waals surface area contributed by atoms with Crippen LogP contribution in [-0.2, 0) is 19.7 Å². The van der Waals surface area contributed by atoms with Gasteiger partial charge in [-0.1, -0.05) is 0 Å². The number of nitrogens with zero attached hydrogens (tertiary/aromatic N) is 2. The van der Waals surface area contributed by atoms with Crippen molar-refractivity contribution < 1.29 is 10.2 Å². The zero-order chi connectivity index (χ0) is 13.8. The van der Waals surface area contributed by atoms with Crippen molar-refractivity contribution in [2.24, 2.45) is 0 Å². The maximum atomic E-state index is 9.99. The number of hydrogen-bond acceptors (Lipinski definition) is 5. The van der Waals surface area contributed by atoms with Gasteiger partial charge in [-0.3, -0.25) is 10.1 Å². The number of nitrogens with one attached hydrogen (secondary N) is 2. The minimum atomic E-state index is -0.136. The summed E-state index contributed by atoms with van der Waals surface area (Å²) in [6.45, 7) is 4.67. The number of pyridine rings is 1. The van der Waals surface area contributed by atoms with Crippen molar-refractivity contribution in [2.75, 3.05) is 0 Å². The molecule has 0 saturated carbocycles. The Morgan fingerprint density at radius 2 is 2.00 bits per heavy atom. The van der Waals surface area contributed by atoms with Gasteiger partial charge in [0.1, 0.15) is 5.75 Å². The summed E-state index contributed by atoms with van der Waals surface area (Å²) in [5, 5.41) is 29.3. The molecule has 0 spiro atoms. The zero-order valence-electron chi connectivity index (χ0n) is 11.1. The van der Waals surface area contributed by atoms with Gasteiger partial charge in [-0.05, 0) is 13.8 Å². The first kappa shape index (κ1) is 13.5. The number of aromatic amines is 1. The van der Waals surface area contributed by atoms with Crippen LogP contribution in [0.1, 0.15) is 28.1 Å². The first-order valence-corrected chi connectivity index (χ1v) is 6.10. The highest BCUT2D eigenvalue weighted by Gasteiger charge is 2.11. The Hall–Kier alpha value is -1.92.